The maximum Gasteiger partial charge on any atom is 0.0612 e. The minimum Gasteiger partial charge on any atom is -0.294 e. The van der Waals surface area contributed by atoms with Crippen LogP contribution >= 0.6 is 0 Å². The maximum atomic E-state index is 2.30. The van der Waals surface area contributed by atoms with Crippen molar-refractivity contribution in [3.8, 4) is 0 Å². The highest BCUT2D eigenvalue weighted by atomic mass is 15.3. The van der Waals surface area contributed by atoms with Gasteiger partial charge in [-0.25, -0.2) is 0 Å². The standard InChI is InChI=1S/C11H26N2/c1-6-7-8-9-10-11(12(2)3)13(4)5/h11H,6-10H2,1-5H3. The topological polar surface area (TPSA) is 6.48 Å². The summed E-state index contributed by atoms with van der Waals surface area (Å²) in [5.41, 5.74) is 0. The van der Waals surface area contributed by atoms with Gasteiger partial charge in [0, 0.05) is 0 Å². The lowest BCUT2D eigenvalue weighted by molar-refractivity contribution is 0.117. The number of unbranched alkanes of at least 4 members (excludes halogenated alkanes) is 3. The average Bonchev–Trinajstić information content (AvgIpc) is 2.02. The minimum atomic E-state index is 0.608. The van der Waals surface area contributed by atoms with Crippen molar-refractivity contribution in [3.05, 3.63) is 0 Å². The zero-order valence-corrected chi connectivity index (χ0v) is 10.0. The fourth-order valence-electron chi connectivity index (χ4n) is 1.73. The first kappa shape index (κ1) is 12.9. The molecule has 0 unspecified atom stereocenters. The van der Waals surface area contributed by atoms with Gasteiger partial charge in [0.05, 0.1) is 6.17 Å². The molecule has 0 aromatic heterocycles. The van der Waals surface area contributed by atoms with Crippen LogP contribution in [-0.2, 0) is 0 Å². The van der Waals surface area contributed by atoms with Crippen LogP contribution in [0.25, 0.3) is 0 Å². The van der Waals surface area contributed by atoms with Gasteiger partial charge in [-0.1, -0.05) is 32.6 Å². The molecule has 0 rings (SSSR count). The molecule has 0 amide bonds. The highest BCUT2D eigenvalue weighted by Crippen LogP contribution is 2.10. The monoisotopic (exact) mass is 186 g/mol. The third kappa shape index (κ3) is 6.05. The Balaban J connectivity index is 3.58. The first-order valence-electron chi connectivity index (χ1n) is 5.42. The Morgan fingerprint density at radius 3 is 1.77 bits per heavy atom. The van der Waals surface area contributed by atoms with Gasteiger partial charge < -0.3 is 0 Å². The Labute approximate surface area is 83.9 Å². The maximum absolute atomic E-state index is 2.30. The second kappa shape index (κ2) is 7.34. The van der Waals surface area contributed by atoms with Crippen molar-refractivity contribution in [2.45, 2.75) is 45.2 Å². The van der Waals surface area contributed by atoms with Crippen molar-refractivity contribution >= 4 is 0 Å². The molecule has 0 bridgehead atoms. The number of nitrogens with zero attached hydrogens (tertiary/aromatic N) is 2. The lowest BCUT2D eigenvalue weighted by Crippen LogP contribution is -2.40. The predicted molar refractivity (Wildman–Crippen MR) is 59.9 cm³/mol. The van der Waals surface area contributed by atoms with Gasteiger partial charge in [-0.3, -0.25) is 9.80 Å². The molecule has 0 aromatic carbocycles. The van der Waals surface area contributed by atoms with Crippen molar-refractivity contribution in [3.63, 3.8) is 0 Å². The molecule has 0 aromatic rings. The van der Waals surface area contributed by atoms with Gasteiger partial charge in [-0.2, -0.15) is 0 Å². The van der Waals surface area contributed by atoms with E-state index in [0.29, 0.717) is 6.17 Å². The van der Waals surface area contributed by atoms with Crippen molar-refractivity contribution in [1.29, 1.82) is 0 Å². The van der Waals surface area contributed by atoms with Crippen LogP contribution in [0.3, 0.4) is 0 Å². The fraction of sp³-hybridized carbons (Fsp3) is 1.00. The molecular formula is C11H26N2. The zero-order chi connectivity index (χ0) is 10.3. The highest BCUT2D eigenvalue weighted by Gasteiger charge is 2.12. The SMILES string of the molecule is CCCCCCC(N(C)C)N(C)C. The second-order valence-electron chi connectivity index (χ2n) is 4.26. The van der Waals surface area contributed by atoms with Crippen molar-refractivity contribution < 1.29 is 0 Å². The first-order valence-corrected chi connectivity index (χ1v) is 5.42. The van der Waals surface area contributed by atoms with Crippen molar-refractivity contribution in [2.75, 3.05) is 28.2 Å². The first-order chi connectivity index (χ1) is 6.09. The van der Waals surface area contributed by atoms with Crippen LogP contribution in [0, 0.1) is 0 Å². The number of rotatable bonds is 7. The predicted octanol–water partition coefficient (Wildman–Crippen LogP) is 2.41. The molecule has 0 heterocycles. The summed E-state index contributed by atoms with van der Waals surface area (Å²) in [6.07, 6.45) is 7.35. The van der Waals surface area contributed by atoms with Gasteiger partial charge in [-0.05, 0) is 34.6 Å². The van der Waals surface area contributed by atoms with E-state index in [0.717, 1.165) is 0 Å². The Morgan fingerprint density at radius 2 is 1.38 bits per heavy atom. The summed E-state index contributed by atoms with van der Waals surface area (Å²) in [6, 6.07) is 0. The molecule has 0 atom stereocenters. The van der Waals surface area contributed by atoms with E-state index >= 15 is 0 Å². The normalized spacial score (nSPS) is 12.0. The molecule has 0 fully saturated rings. The summed E-state index contributed by atoms with van der Waals surface area (Å²) in [4.78, 5) is 4.60. The third-order valence-electron chi connectivity index (χ3n) is 2.51. The summed E-state index contributed by atoms with van der Waals surface area (Å²) in [7, 11) is 8.63. The van der Waals surface area contributed by atoms with Crippen LogP contribution in [0.4, 0.5) is 0 Å². The average molecular weight is 186 g/mol. The van der Waals surface area contributed by atoms with Crippen LogP contribution < -0.4 is 0 Å². The lowest BCUT2D eigenvalue weighted by Gasteiger charge is -2.30. The summed E-state index contributed by atoms with van der Waals surface area (Å²) in [5, 5.41) is 0. The molecule has 13 heavy (non-hydrogen) atoms. The van der Waals surface area contributed by atoms with Crippen LogP contribution in [-0.4, -0.2) is 44.2 Å². The van der Waals surface area contributed by atoms with E-state index in [9.17, 15) is 0 Å². The van der Waals surface area contributed by atoms with E-state index in [1.807, 2.05) is 0 Å². The summed E-state index contributed by atoms with van der Waals surface area (Å²) in [6.45, 7) is 2.26. The second-order valence-corrected chi connectivity index (χ2v) is 4.26. The molecule has 0 aliphatic rings. The van der Waals surface area contributed by atoms with Crippen molar-refractivity contribution in [2.24, 2.45) is 0 Å². The number of hydrogen-bond acceptors (Lipinski definition) is 2. The number of hydrogen-bond donors (Lipinski definition) is 0. The molecule has 0 saturated carbocycles. The molecule has 0 radical (unpaired) electrons. The van der Waals surface area contributed by atoms with Gasteiger partial charge in [0.25, 0.3) is 0 Å². The van der Waals surface area contributed by atoms with E-state index in [-0.39, 0.29) is 0 Å². The van der Waals surface area contributed by atoms with Gasteiger partial charge in [0.1, 0.15) is 0 Å². The Hall–Kier alpha value is -0.0800. The summed E-state index contributed by atoms with van der Waals surface area (Å²) in [5.74, 6) is 0. The van der Waals surface area contributed by atoms with Crippen molar-refractivity contribution in [1.82, 2.24) is 9.80 Å². The molecule has 0 saturated heterocycles. The van der Waals surface area contributed by atoms with Crippen LogP contribution in [0.2, 0.25) is 0 Å². The van der Waals surface area contributed by atoms with Crippen LogP contribution in [0.5, 0.6) is 0 Å². The van der Waals surface area contributed by atoms with Crippen LogP contribution in [0.1, 0.15) is 39.0 Å². The third-order valence-corrected chi connectivity index (χ3v) is 2.51. The molecule has 2 nitrogen and oxygen atoms in total. The molecule has 0 spiro atoms. The smallest absolute Gasteiger partial charge is 0.0612 e. The largest absolute Gasteiger partial charge is 0.294 e. The fourth-order valence-corrected chi connectivity index (χ4v) is 1.73. The van der Waals surface area contributed by atoms with E-state index < -0.39 is 0 Å². The Bertz CT molecular complexity index is 103. The highest BCUT2D eigenvalue weighted by molar-refractivity contribution is 4.62. The lowest BCUT2D eigenvalue weighted by atomic mass is 10.1. The summed E-state index contributed by atoms with van der Waals surface area (Å²) >= 11 is 0. The van der Waals surface area contributed by atoms with Gasteiger partial charge in [0.15, 0.2) is 0 Å². The van der Waals surface area contributed by atoms with E-state index in [1.54, 1.807) is 0 Å². The van der Waals surface area contributed by atoms with Gasteiger partial charge in [0.2, 0.25) is 0 Å². The molecule has 0 aliphatic heterocycles. The molecule has 0 N–H and O–H groups in total. The van der Waals surface area contributed by atoms with E-state index in [2.05, 4.69) is 44.9 Å². The van der Waals surface area contributed by atoms with E-state index in [1.165, 1.54) is 32.1 Å². The van der Waals surface area contributed by atoms with E-state index in [4.69, 9.17) is 0 Å². The zero-order valence-electron chi connectivity index (χ0n) is 10.0. The van der Waals surface area contributed by atoms with Gasteiger partial charge >= 0.3 is 0 Å². The Morgan fingerprint density at radius 1 is 0.846 bits per heavy atom. The molecule has 2 heteroatoms. The van der Waals surface area contributed by atoms with Gasteiger partial charge in [-0.15, -0.1) is 0 Å². The molecular weight excluding hydrogens is 160 g/mol. The Kier molecular flexibility index (Phi) is 7.29. The quantitative estimate of drug-likeness (QED) is 0.445. The summed E-state index contributed by atoms with van der Waals surface area (Å²) < 4.78 is 0. The molecule has 0 aliphatic carbocycles. The molecule has 80 valence electrons. The minimum absolute atomic E-state index is 0.608. The van der Waals surface area contributed by atoms with Crippen LogP contribution in [0.15, 0.2) is 0 Å².